The second-order valence-electron chi connectivity index (χ2n) is 5.53. The molecule has 0 fully saturated rings. The van der Waals surface area contributed by atoms with Gasteiger partial charge >= 0.3 is 6.03 Å². The number of carbonyl (C=O) groups excluding carboxylic acids is 1. The fourth-order valence-electron chi connectivity index (χ4n) is 2.59. The molecule has 1 unspecified atom stereocenters. The minimum Gasteiger partial charge on any atom is -0.454 e. The number of fused-ring (bicyclic) bond motifs is 1. The summed E-state index contributed by atoms with van der Waals surface area (Å²) in [7, 11) is 0. The Hall–Kier alpha value is -2.40. The number of ether oxygens (including phenoxy) is 2. The van der Waals surface area contributed by atoms with Crippen LogP contribution in [0, 0.1) is 0 Å². The van der Waals surface area contributed by atoms with Crippen LogP contribution in [0.2, 0.25) is 5.02 Å². The molecule has 0 aliphatic carbocycles. The third kappa shape index (κ3) is 3.92. The first-order valence-electron chi connectivity index (χ1n) is 7.84. The fourth-order valence-corrected chi connectivity index (χ4v) is 2.79. The molecule has 5 nitrogen and oxygen atoms in total. The summed E-state index contributed by atoms with van der Waals surface area (Å²) >= 11 is 6.02. The van der Waals surface area contributed by atoms with Crippen molar-refractivity contribution < 1.29 is 14.3 Å². The lowest BCUT2D eigenvalue weighted by Gasteiger charge is -2.18. The Kier molecular flexibility index (Phi) is 5.11. The van der Waals surface area contributed by atoms with Gasteiger partial charge in [-0.15, -0.1) is 0 Å². The van der Waals surface area contributed by atoms with E-state index in [0.717, 1.165) is 23.3 Å². The average molecular weight is 347 g/mol. The van der Waals surface area contributed by atoms with Crippen molar-refractivity contribution in [3.63, 3.8) is 0 Å². The molecule has 2 N–H and O–H groups in total. The van der Waals surface area contributed by atoms with Gasteiger partial charge in [-0.3, -0.25) is 0 Å². The van der Waals surface area contributed by atoms with Gasteiger partial charge in [0.05, 0.1) is 6.04 Å². The Labute approximate surface area is 145 Å². The monoisotopic (exact) mass is 346 g/mol. The van der Waals surface area contributed by atoms with E-state index < -0.39 is 0 Å². The van der Waals surface area contributed by atoms with E-state index in [1.807, 2.05) is 49.4 Å². The summed E-state index contributed by atoms with van der Waals surface area (Å²) in [6.45, 7) is 2.67. The van der Waals surface area contributed by atoms with E-state index in [-0.39, 0.29) is 18.9 Å². The van der Waals surface area contributed by atoms with Gasteiger partial charge in [0.15, 0.2) is 11.5 Å². The largest absolute Gasteiger partial charge is 0.454 e. The molecule has 0 spiro atoms. The number of benzene rings is 2. The molecule has 126 valence electrons. The first kappa shape index (κ1) is 16.5. The molecule has 1 heterocycles. The minimum atomic E-state index is -0.223. The van der Waals surface area contributed by atoms with Gasteiger partial charge in [-0.1, -0.05) is 36.7 Å². The van der Waals surface area contributed by atoms with Gasteiger partial charge in [0.2, 0.25) is 6.79 Å². The Morgan fingerprint density at radius 2 is 2.04 bits per heavy atom. The van der Waals surface area contributed by atoms with Gasteiger partial charge in [-0.05, 0) is 41.8 Å². The lowest BCUT2D eigenvalue weighted by molar-refractivity contribution is 0.174. The summed E-state index contributed by atoms with van der Waals surface area (Å²) < 4.78 is 10.6. The van der Waals surface area contributed by atoms with Crippen LogP contribution in [-0.2, 0) is 6.54 Å². The van der Waals surface area contributed by atoms with Crippen molar-refractivity contribution in [1.29, 1.82) is 0 Å². The number of halogens is 1. The zero-order valence-electron chi connectivity index (χ0n) is 13.3. The zero-order chi connectivity index (χ0) is 16.9. The summed E-state index contributed by atoms with van der Waals surface area (Å²) in [6, 6.07) is 12.8. The van der Waals surface area contributed by atoms with E-state index in [4.69, 9.17) is 21.1 Å². The second kappa shape index (κ2) is 7.45. The SMILES string of the molecule is CCC(NC(=O)NCc1ccc2c(c1)OCO2)c1cccc(Cl)c1. The number of hydrogen-bond donors (Lipinski definition) is 2. The van der Waals surface area contributed by atoms with Crippen molar-refractivity contribution >= 4 is 17.6 Å². The normalized spacial score (nSPS) is 13.4. The van der Waals surface area contributed by atoms with E-state index in [2.05, 4.69) is 10.6 Å². The smallest absolute Gasteiger partial charge is 0.315 e. The van der Waals surface area contributed by atoms with Crippen LogP contribution >= 0.6 is 11.6 Å². The van der Waals surface area contributed by atoms with Gasteiger partial charge in [0.1, 0.15) is 0 Å². The molecule has 0 saturated heterocycles. The van der Waals surface area contributed by atoms with E-state index >= 15 is 0 Å². The highest BCUT2D eigenvalue weighted by atomic mass is 35.5. The Morgan fingerprint density at radius 1 is 1.21 bits per heavy atom. The maximum atomic E-state index is 12.2. The van der Waals surface area contributed by atoms with Crippen molar-refractivity contribution in [1.82, 2.24) is 10.6 Å². The Morgan fingerprint density at radius 3 is 2.83 bits per heavy atom. The highest BCUT2D eigenvalue weighted by Crippen LogP contribution is 2.32. The average Bonchev–Trinajstić information content (AvgIpc) is 3.05. The van der Waals surface area contributed by atoms with Crippen molar-refractivity contribution in [3.8, 4) is 11.5 Å². The topological polar surface area (TPSA) is 59.6 Å². The van der Waals surface area contributed by atoms with Crippen LogP contribution in [0.3, 0.4) is 0 Å². The molecule has 1 aliphatic rings. The van der Waals surface area contributed by atoms with Crippen LogP contribution in [0.15, 0.2) is 42.5 Å². The number of nitrogens with one attached hydrogen (secondary N) is 2. The number of hydrogen-bond acceptors (Lipinski definition) is 3. The van der Waals surface area contributed by atoms with Gasteiger partial charge < -0.3 is 20.1 Å². The molecule has 0 aromatic heterocycles. The maximum Gasteiger partial charge on any atom is 0.315 e. The van der Waals surface area contributed by atoms with Crippen LogP contribution in [0.1, 0.15) is 30.5 Å². The molecular formula is C18H19ClN2O3. The number of rotatable bonds is 5. The van der Waals surface area contributed by atoms with Crippen molar-refractivity contribution in [2.24, 2.45) is 0 Å². The molecular weight excluding hydrogens is 328 g/mol. The second-order valence-corrected chi connectivity index (χ2v) is 5.97. The number of amides is 2. The molecule has 0 saturated carbocycles. The molecule has 0 bridgehead atoms. The van der Waals surface area contributed by atoms with Gasteiger partial charge in [-0.25, -0.2) is 4.79 Å². The van der Waals surface area contributed by atoms with Crippen molar-refractivity contribution in [2.45, 2.75) is 25.9 Å². The van der Waals surface area contributed by atoms with E-state index in [1.165, 1.54) is 0 Å². The molecule has 2 amide bonds. The number of urea groups is 1. The Balaban J connectivity index is 1.56. The van der Waals surface area contributed by atoms with E-state index in [1.54, 1.807) is 0 Å². The van der Waals surface area contributed by atoms with E-state index in [9.17, 15) is 4.79 Å². The molecule has 0 radical (unpaired) electrons. The van der Waals surface area contributed by atoms with Crippen LogP contribution in [0.25, 0.3) is 0 Å². The highest BCUT2D eigenvalue weighted by Gasteiger charge is 2.15. The molecule has 2 aromatic carbocycles. The third-order valence-electron chi connectivity index (χ3n) is 3.85. The lowest BCUT2D eigenvalue weighted by Crippen LogP contribution is -2.37. The standard InChI is InChI=1S/C18H19ClN2O3/c1-2-15(13-4-3-5-14(19)9-13)21-18(22)20-10-12-6-7-16-17(8-12)24-11-23-16/h3-9,15H,2,10-11H2,1H3,(H2,20,21,22). The Bertz CT molecular complexity index is 736. The van der Waals surface area contributed by atoms with Gasteiger partial charge in [-0.2, -0.15) is 0 Å². The van der Waals surface area contributed by atoms with Crippen LogP contribution < -0.4 is 20.1 Å². The summed E-state index contributed by atoms with van der Waals surface area (Å²) in [6.07, 6.45) is 0.776. The van der Waals surface area contributed by atoms with Crippen molar-refractivity contribution in [2.75, 3.05) is 6.79 Å². The molecule has 24 heavy (non-hydrogen) atoms. The zero-order valence-corrected chi connectivity index (χ0v) is 14.1. The predicted molar refractivity (Wildman–Crippen MR) is 92.4 cm³/mol. The minimum absolute atomic E-state index is 0.0829. The van der Waals surface area contributed by atoms with Gasteiger partial charge in [0.25, 0.3) is 0 Å². The molecule has 3 rings (SSSR count). The summed E-state index contributed by atoms with van der Waals surface area (Å²) in [4.78, 5) is 12.2. The third-order valence-corrected chi connectivity index (χ3v) is 4.09. The number of carbonyl (C=O) groups is 1. The van der Waals surface area contributed by atoms with Gasteiger partial charge in [0, 0.05) is 11.6 Å². The van der Waals surface area contributed by atoms with Crippen LogP contribution in [0.5, 0.6) is 11.5 Å². The molecule has 2 aromatic rings. The lowest BCUT2D eigenvalue weighted by atomic mass is 10.1. The molecule has 1 aliphatic heterocycles. The molecule has 6 heteroatoms. The quantitative estimate of drug-likeness (QED) is 0.859. The van der Waals surface area contributed by atoms with E-state index in [0.29, 0.717) is 17.3 Å². The highest BCUT2D eigenvalue weighted by molar-refractivity contribution is 6.30. The summed E-state index contributed by atoms with van der Waals surface area (Å²) in [5.41, 5.74) is 1.94. The summed E-state index contributed by atoms with van der Waals surface area (Å²) in [5, 5.41) is 6.49. The van der Waals surface area contributed by atoms with Crippen molar-refractivity contribution in [3.05, 3.63) is 58.6 Å². The first-order chi connectivity index (χ1) is 11.7. The predicted octanol–water partition coefficient (Wildman–Crippen LogP) is 4.02. The van der Waals surface area contributed by atoms with Crippen LogP contribution in [-0.4, -0.2) is 12.8 Å². The first-order valence-corrected chi connectivity index (χ1v) is 8.22. The maximum absolute atomic E-state index is 12.2. The summed E-state index contributed by atoms with van der Waals surface area (Å²) in [5.74, 6) is 1.44. The fraction of sp³-hybridized carbons (Fsp3) is 0.278. The van der Waals surface area contributed by atoms with Crippen LogP contribution in [0.4, 0.5) is 4.79 Å². The molecule has 1 atom stereocenters.